The molecule has 2 aromatic heterocycles. The van der Waals surface area contributed by atoms with Gasteiger partial charge < -0.3 is 19.6 Å². The maximum Gasteiger partial charge on any atom is 0.336 e. The van der Waals surface area contributed by atoms with Crippen LogP contribution >= 0.6 is 0 Å². The molecule has 2 aromatic rings. The number of hydrogen-bond donors (Lipinski definition) is 1. The van der Waals surface area contributed by atoms with Crippen LogP contribution in [0.15, 0.2) is 35.9 Å². The number of carbonyl (C=O) groups is 2. The highest BCUT2D eigenvalue weighted by atomic mass is 16.5. The van der Waals surface area contributed by atoms with Crippen LogP contribution in [-0.4, -0.2) is 84.3 Å². The number of aromatic nitrogens is 5. The van der Waals surface area contributed by atoms with Gasteiger partial charge in [-0.05, 0) is 62.7 Å². The Morgan fingerprint density at radius 1 is 1.27 bits per heavy atom. The number of amides is 1. The molecule has 2 saturated heterocycles. The summed E-state index contributed by atoms with van der Waals surface area (Å²) < 4.78 is 6.59. The van der Waals surface area contributed by atoms with Crippen LogP contribution in [0, 0.1) is 5.41 Å². The molecular weight excluding hydrogens is 426 g/mol. The first-order valence-corrected chi connectivity index (χ1v) is 11.2. The van der Waals surface area contributed by atoms with Crippen LogP contribution in [0.1, 0.15) is 44.8 Å². The number of pyridine rings is 1. The van der Waals surface area contributed by atoms with Crippen molar-refractivity contribution in [1.82, 2.24) is 35.0 Å². The number of cyclic esters (lactones) is 1. The summed E-state index contributed by atoms with van der Waals surface area (Å²) in [6.07, 6.45) is 4.65. The molecule has 5 rings (SSSR count). The van der Waals surface area contributed by atoms with E-state index in [4.69, 9.17) is 4.74 Å². The van der Waals surface area contributed by atoms with E-state index in [1.807, 2.05) is 13.0 Å². The Labute approximate surface area is 191 Å². The van der Waals surface area contributed by atoms with Crippen LogP contribution in [0.25, 0.3) is 5.82 Å². The van der Waals surface area contributed by atoms with E-state index < -0.39 is 11.5 Å². The number of rotatable bonds is 5. The lowest BCUT2D eigenvalue weighted by atomic mass is 9.76. The highest BCUT2D eigenvalue weighted by molar-refractivity contribution is 5.94. The third kappa shape index (κ3) is 3.80. The first-order chi connectivity index (χ1) is 15.9. The van der Waals surface area contributed by atoms with Crippen molar-refractivity contribution in [2.45, 2.75) is 45.3 Å². The Hall–Kier alpha value is -3.18. The molecular formula is C22H27N7O4. The number of aliphatic hydroxyl groups is 1. The van der Waals surface area contributed by atoms with E-state index in [1.165, 1.54) is 11.0 Å². The smallest absolute Gasteiger partial charge is 0.336 e. The standard InChI is InChI=1S/C22H27N7O4/c1-14-9-22(21(32)29(14)17-12-33-20(31)15(17)2)5-7-27(8-6-22)11-18(30)16-3-4-19(23-10-16)28-13-24-25-26-28/h3-4,10,13-14,18,30H,5-9,11-12H2,1-2H3/t14?,18-/m1/s1. The number of aliphatic hydroxyl groups excluding tert-OH is 1. The minimum Gasteiger partial charge on any atom is -0.456 e. The van der Waals surface area contributed by atoms with Crippen molar-refractivity contribution in [2.75, 3.05) is 26.2 Å². The second-order valence-corrected chi connectivity index (χ2v) is 9.18. The summed E-state index contributed by atoms with van der Waals surface area (Å²) in [5, 5.41) is 21.7. The molecule has 1 amide bonds. The second-order valence-electron chi connectivity index (χ2n) is 9.18. The van der Waals surface area contributed by atoms with Crippen LogP contribution in [0.3, 0.4) is 0 Å². The monoisotopic (exact) mass is 453 g/mol. The number of β-amino-alcohol motifs (C(OH)–C–C–N with tert-alkyl or cyclic N) is 1. The van der Waals surface area contributed by atoms with Gasteiger partial charge in [-0.1, -0.05) is 6.07 Å². The SMILES string of the molecule is CC1=C(N2C(=O)C3(CCN(C[C@@H](O)c4ccc(-n5cnnn5)nc4)CC3)CC2C)COC1=O. The molecule has 0 aliphatic carbocycles. The topological polar surface area (TPSA) is 127 Å². The van der Waals surface area contributed by atoms with Crippen LogP contribution in [0.4, 0.5) is 0 Å². The molecule has 11 heteroatoms. The highest BCUT2D eigenvalue weighted by Crippen LogP contribution is 2.46. The molecule has 174 valence electrons. The number of carbonyl (C=O) groups excluding carboxylic acids is 2. The van der Waals surface area contributed by atoms with Crippen molar-refractivity contribution in [2.24, 2.45) is 5.41 Å². The van der Waals surface area contributed by atoms with Gasteiger partial charge in [0.05, 0.1) is 22.8 Å². The van der Waals surface area contributed by atoms with Gasteiger partial charge in [-0.25, -0.2) is 9.78 Å². The average Bonchev–Trinajstić information content (AvgIpc) is 3.52. The largest absolute Gasteiger partial charge is 0.456 e. The zero-order valence-electron chi connectivity index (χ0n) is 18.7. The molecule has 1 unspecified atom stereocenters. The van der Waals surface area contributed by atoms with E-state index in [9.17, 15) is 14.7 Å². The van der Waals surface area contributed by atoms with E-state index in [2.05, 4.69) is 25.4 Å². The van der Waals surface area contributed by atoms with Gasteiger partial charge in [0.25, 0.3) is 0 Å². The van der Waals surface area contributed by atoms with E-state index in [0.29, 0.717) is 23.6 Å². The fourth-order valence-corrected chi connectivity index (χ4v) is 5.23. The van der Waals surface area contributed by atoms with Crippen molar-refractivity contribution in [3.8, 4) is 5.82 Å². The molecule has 2 atom stereocenters. The summed E-state index contributed by atoms with van der Waals surface area (Å²) in [6.45, 7) is 5.87. The highest BCUT2D eigenvalue weighted by Gasteiger charge is 2.53. The molecule has 0 saturated carbocycles. The van der Waals surface area contributed by atoms with Crippen LogP contribution < -0.4 is 0 Å². The molecule has 0 bridgehead atoms. The Kier molecular flexibility index (Phi) is 5.45. The summed E-state index contributed by atoms with van der Waals surface area (Å²) in [4.78, 5) is 33.6. The molecule has 3 aliphatic rings. The Morgan fingerprint density at radius 3 is 2.67 bits per heavy atom. The van der Waals surface area contributed by atoms with Crippen LogP contribution in [-0.2, 0) is 14.3 Å². The summed E-state index contributed by atoms with van der Waals surface area (Å²) in [7, 11) is 0. The van der Waals surface area contributed by atoms with Crippen molar-refractivity contribution < 1.29 is 19.4 Å². The number of esters is 1. The van der Waals surface area contributed by atoms with Gasteiger partial charge in [0.15, 0.2) is 5.82 Å². The minimum absolute atomic E-state index is 0.0406. The second kappa shape index (κ2) is 8.31. The summed E-state index contributed by atoms with van der Waals surface area (Å²) >= 11 is 0. The van der Waals surface area contributed by atoms with Gasteiger partial charge in [0.1, 0.15) is 12.9 Å². The molecule has 0 radical (unpaired) electrons. The van der Waals surface area contributed by atoms with E-state index in [1.54, 1.807) is 24.1 Å². The predicted octanol–water partition coefficient (Wildman–Crippen LogP) is 0.624. The number of tetrazole rings is 1. The molecule has 33 heavy (non-hydrogen) atoms. The van der Waals surface area contributed by atoms with Crippen molar-refractivity contribution in [3.05, 3.63) is 41.5 Å². The number of piperidine rings is 1. The van der Waals surface area contributed by atoms with Gasteiger partial charge >= 0.3 is 5.97 Å². The molecule has 0 aromatic carbocycles. The normalized spacial score (nSPS) is 24.1. The fraction of sp³-hybridized carbons (Fsp3) is 0.545. The average molecular weight is 454 g/mol. The molecule has 2 fully saturated rings. The fourth-order valence-electron chi connectivity index (χ4n) is 5.23. The Balaban J connectivity index is 1.20. The molecule has 3 aliphatic heterocycles. The van der Waals surface area contributed by atoms with Gasteiger partial charge in [-0.2, -0.15) is 4.68 Å². The van der Waals surface area contributed by atoms with Crippen molar-refractivity contribution >= 4 is 11.9 Å². The number of nitrogens with zero attached hydrogens (tertiary/aromatic N) is 7. The Morgan fingerprint density at radius 2 is 2.06 bits per heavy atom. The van der Waals surface area contributed by atoms with Gasteiger partial charge in [-0.15, -0.1) is 5.10 Å². The number of likely N-dealkylation sites (tertiary alicyclic amines) is 2. The predicted molar refractivity (Wildman–Crippen MR) is 115 cm³/mol. The zero-order valence-corrected chi connectivity index (χ0v) is 18.7. The molecule has 5 heterocycles. The first-order valence-electron chi connectivity index (χ1n) is 11.2. The van der Waals surface area contributed by atoms with Crippen LogP contribution in [0.2, 0.25) is 0 Å². The quantitative estimate of drug-likeness (QED) is 0.648. The number of hydrogen-bond acceptors (Lipinski definition) is 9. The lowest BCUT2D eigenvalue weighted by molar-refractivity contribution is -0.139. The van der Waals surface area contributed by atoms with Gasteiger partial charge in [0, 0.05) is 24.3 Å². The molecule has 1 N–H and O–H groups in total. The van der Waals surface area contributed by atoms with E-state index in [-0.39, 0.29) is 24.5 Å². The van der Waals surface area contributed by atoms with E-state index in [0.717, 1.165) is 37.9 Å². The molecule has 1 spiro atoms. The van der Waals surface area contributed by atoms with Crippen LogP contribution in [0.5, 0.6) is 0 Å². The lowest BCUT2D eigenvalue weighted by Gasteiger charge is -2.38. The maximum atomic E-state index is 13.4. The van der Waals surface area contributed by atoms with Crippen molar-refractivity contribution in [1.29, 1.82) is 0 Å². The summed E-state index contributed by atoms with van der Waals surface area (Å²) in [5.74, 6) is 0.342. The van der Waals surface area contributed by atoms with E-state index >= 15 is 0 Å². The molecule has 11 nitrogen and oxygen atoms in total. The first kappa shape index (κ1) is 21.7. The Bertz CT molecular complexity index is 1070. The third-order valence-electron chi connectivity index (χ3n) is 7.15. The van der Waals surface area contributed by atoms with Gasteiger partial charge in [-0.3, -0.25) is 4.79 Å². The zero-order chi connectivity index (χ0) is 23.2. The number of ether oxygens (including phenoxy) is 1. The van der Waals surface area contributed by atoms with Gasteiger partial charge in [0.2, 0.25) is 5.91 Å². The summed E-state index contributed by atoms with van der Waals surface area (Å²) in [6, 6.07) is 3.63. The third-order valence-corrected chi connectivity index (χ3v) is 7.15. The summed E-state index contributed by atoms with van der Waals surface area (Å²) in [5.41, 5.74) is 1.56. The maximum absolute atomic E-state index is 13.4. The minimum atomic E-state index is -0.682. The lowest BCUT2D eigenvalue weighted by Crippen LogP contribution is -2.45. The van der Waals surface area contributed by atoms with Crippen molar-refractivity contribution in [3.63, 3.8) is 0 Å².